The molecule has 11 heavy (non-hydrogen) atoms. The van der Waals surface area contributed by atoms with Crippen molar-refractivity contribution in [2.45, 2.75) is 17.8 Å². The largest absolute Gasteiger partial charge is 0.309 e. The van der Waals surface area contributed by atoms with Crippen LogP contribution >= 0.6 is 11.6 Å². The smallest absolute Gasteiger partial charge is 0.117 e. The Kier molecular flexibility index (Phi) is 1.44. The van der Waals surface area contributed by atoms with Crippen LogP contribution < -0.4 is 5.73 Å². The van der Waals surface area contributed by atoms with Crippen LogP contribution in [-0.2, 0) is 11.4 Å². The van der Waals surface area contributed by atoms with Crippen molar-refractivity contribution in [1.29, 1.82) is 0 Å². The fraction of sp³-hybridized carbons (Fsp3) is 0.333. The summed E-state index contributed by atoms with van der Waals surface area (Å²) in [4.78, 5) is -0.601. The molecule has 1 aromatic rings. The summed E-state index contributed by atoms with van der Waals surface area (Å²) in [5.41, 5.74) is 8.25. The predicted octanol–water partition coefficient (Wildman–Crippen LogP) is 1.98. The van der Waals surface area contributed by atoms with E-state index in [1.807, 2.05) is 18.2 Å². The average molecular weight is 168 g/mol. The third kappa shape index (κ3) is 1.05. The second-order valence-electron chi connectivity index (χ2n) is 3.02. The van der Waals surface area contributed by atoms with Gasteiger partial charge in [-0.15, -0.1) is 0 Å². The Labute approximate surface area is 71.2 Å². The van der Waals surface area contributed by atoms with E-state index in [9.17, 15) is 0 Å². The summed E-state index contributed by atoms with van der Waals surface area (Å²) >= 11 is 6.08. The Bertz CT molecular complexity index is 281. The van der Waals surface area contributed by atoms with E-state index in [2.05, 4.69) is 6.07 Å². The lowest BCUT2D eigenvalue weighted by Gasteiger charge is -2.15. The first-order chi connectivity index (χ1) is 5.20. The molecule has 0 spiro atoms. The molecule has 2 N–H and O–H groups in total. The summed E-state index contributed by atoms with van der Waals surface area (Å²) in [6, 6.07) is 8.10. The van der Waals surface area contributed by atoms with Crippen molar-refractivity contribution in [1.82, 2.24) is 0 Å². The lowest BCUT2D eigenvalue weighted by atomic mass is 10.1. The molecule has 2 rings (SSSR count). The van der Waals surface area contributed by atoms with Crippen molar-refractivity contribution in [2.24, 2.45) is 5.73 Å². The Morgan fingerprint density at radius 3 is 2.82 bits per heavy atom. The zero-order valence-corrected chi connectivity index (χ0v) is 6.93. The summed E-state index contributed by atoms with van der Waals surface area (Å²) in [7, 11) is 0. The maximum Gasteiger partial charge on any atom is 0.117 e. The predicted molar refractivity (Wildman–Crippen MR) is 46.5 cm³/mol. The highest BCUT2D eigenvalue weighted by atomic mass is 35.5. The molecule has 0 bridgehead atoms. The van der Waals surface area contributed by atoms with Gasteiger partial charge in [0.25, 0.3) is 0 Å². The Morgan fingerprint density at radius 2 is 2.09 bits per heavy atom. The third-order valence-corrected chi connectivity index (χ3v) is 2.62. The molecule has 0 fully saturated rings. The van der Waals surface area contributed by atoms with Crippen molar-refractivity contribution in [2.75, 3.05) is 0 Å². The fourth-order valence-electron chi connectivity index (χ4n) is 1.60. The van der Waals surface area contributed by atoms with Gasteiger partial charge in [-0.05, 0) is 24.0 Å². The minimum absolute atomic E-state index is 0.601. The SMILES string of the molecule is N[C@]1(Cl)CCc2ccccc21. The maximum atomic E-state index is 6.08. The first kappa shape index (κ1) is 7.14. The number of rotatable bonds is 0. The zero-order chi connectivity index (χ0) is 7.90. The number of hydrogen-bond donors (Lipinski definition) is 1. The number of fused-ring (bicyclic) bond motifs is 1. The van der Waals surface area contributed by atoms with Crippen LogP contribution in [0.25, 0.3) is 0 Å². The molecule has 1 aliphatic rings. The van der Waals surface area contributed by atoms with Gasteiger partial charge in [0, 0.05) is 0 Å². The van der Waals surface area contributed by atoms with Crippen LogP contribution in [0, 0.1) is 0 Å². The number of benzene rings is 1. The average Bonchev–Trinajstić information content (AvgIpc) is 2.29. The molecule has 2 heteroatoms. The quantitative estimate of drug-likeness (QED) is 0.464. The summed E-state index contributed by atoms with van der Waals surface area (Å²) in [5.74, 6) is 0. The van der Waals surface area contributed by atoms with Crippen molar-refractivity contribution >= 4 is 11.6 Å². The van der Waals surface area contributed by atoms with Gasteiger partial charge < -0.3 is 5.73 Å². The van der Waals surface area contributed by atoms with E-state index in [0.717, 1.165) is 18.4 Å². The van der Waals surface area contributed by atoms with Crippen LogP contribution in [0.2, 0.25) is 0 Å². The van der Waals surface area contributed by atoms with Gasteiger partial charge in [0.05, 0.1) is 0 Å². The molecule has 1 atom stereocenters. The second kappa shape index (κ2) is 2.23. The first-order valence-electron chi connectivity index (χ1n) is 3.76. The molecule has 0 heterocycles. The van der Waals surface area contributed by atoms with Crippen molar-refractivity contribution in [3.8, 4) is 0 Å². The molecule has 58 valence electrons. The summed E-state index contributed by atoms with van der Waals surface area (Å²) in [5, 5.41) is 0. The highest BCUT2D eigenvalue weighted by Crippen LogP contribution is 2.37. The van der Waals surface area contributed by atoms with Crippen LogP contribution in [0.5, 0.6) is 0 Å². The van der Waals surface area contributed by atoms with Gasteiger partial charge in [-0.2, -0.15) is 0 Å². The van der Waals surface area contributed by atoms with Crippen LogP contribution in [0.1, 0.15) is 17.5 Å². The van der Waals surface area contributed by atoms with Gasteiger partial charge in [-0.1, -0.05) is 35.9 Å². The molecule has 1 nitrogen and oxygen atoms in total. The number of halogens is 1. The normalized spacial score (nSPS) is 28.5. The van der Waals surface area contributed by atoms with Gasteiger partial charge >= 0.3 is 0 Å². The number of nitrogens with two attached hydrogens (primary N) is 1. The fourth-order valence-corrected chi connectivity index (χ4v) is 1.87. The molecule has 0 radical (unpaired) electrons. The molecule has 1 aliphatic carbocycles. The lowest BCUT2D eigenvalue weighted by molar-refractivity contribution is 0.633. The van der Waals surface area contributed by atoms with Crippen molar-refractivity contribution in [3.05, 3.63) is 35.4 Å². The van der Waals surface area contributed by atoms with Gasteiger partial charge in [-0.25, -0.2) is 0 Å². The van der Waals surface area contributed by atoms with Gasteiger partial charge in [-0.3, -0.25) is 0 Å². The Balaban J connectivity index is 2.56. The molecule has 0 aromatic heterocycles. The van der Waals surface area contributed by atoms with Gasteiger partial charge in [0.2, 0.25) is 0 Å². The van der Waals surface area contributed by atoms with Crippen LogP contribution in [0.15, 0.2) is 24.3 Å². The molecular formula is C9H10ClN. The van der Waals surface area contributed by atoms with E-state index in [1.165, 1.54) is 5.56 Å². The Morgan fingerprint density at radius 1 is 1.36 bits per heavy atom. The third-order valence-electron chi connectivity index (χ3n) is 2.22. The molecule has 0 saturated carbocycles. The van der Waals surface area contributed by atoms with Gasteiger partial charge in [0.15, 0.2) is 0 Å². The molecule has 0 saturated heterocycles. The van der Waals surface area contributed by atoms with Crippen LogP contribution in [0.4, 0.5) is 0 Å². The zero-order valence-electron chi connectivity index (χ0n) is 6.18. The van der Waals surface area contributed by atoms with Crippen molar-refractivity contribution in [3.63, 3.8) is 0 Å². The monoisotopic (exact) mass is 167 g/mol. The van der Waals surface area contributed by atoms with Crippen LogP contribution in [-0.4, -0.2) is 0 Å². The second-order valence-corrected chi connectivity index (χ2v) is 3.69. The molecular weight excluding hydrogens is 158 g/mol. The standard InChI is InChI=1S/C9H10ClN/c10-9(11)6-5-7-3-1-2-4-8(7)9/h1-4H,5-6,11H2/t9-/m1/s1. The number of hydrogen-bond acceptors (Lipinski definition) is 1. The molecule has 0 unspecified atom stereocenters. The van der Waals surface area contributed by atoms with Crippen LogP contribution in [0.3, 0.4) is 0 Å². The highest BCUT2D eigenvalue weighted by molar-refractivity contribution is 6.24. The lowest BCUT2D eigenvalue weighted by Crippen LogP contribution is -2.26. The van der Waals surface area contributed by atoms with E-state index in [-0.39, 0.29) is 0 Å². The van der Waals surface area contributed by atoms with Gasteiger partial charge in [0.1, 0.15) is 5.00 Å². The van der Waals surface area contributed by atoms with E-state index in [0.29, 0.717) is 0 Å². The first-order valence-corrected chi connectivity index (χ1v) is 4.14. The minimum atomic E-state index is -0.601. The number of aryl methyl sites for hydroxylation is 1. The van der Waals surface area contributed by atoms with E-state index >= 15 is 0 Å². The van der Waals surface area contributed by atoms with E-state index in [4.69, 9.17) is 17.3 Å². The van der Waals surface area contributed by atoms with E-state index < -0.39 is 5.00 Å². The Hall–Kier alpha value is -0.530. The van der Waals surface area contributed by atoms with Crippen molar-refractivity contribution < 1.29 is 0 Å². The highest BCUT2D eigenvalue weighted by Gasteiger charge is 2.31. The topological polar surface area (TPSA) is 26.0 Å². The molecule has 0 amide bonds. The summed E-state index contributed by atoms with van der Waals surface area (Å²) < 4.78 is 0. The summed E-state index contributed by atoms with van der Waals surface area (Å²) in [6.07, 6.45) is 1.87. The number of alkyl halides is 1. The maximum absolute atomic E-state index is 6.08. The molecule has 1 aromatic carbocycles. The van der Waals surface area contributed by atoms with E-state index in [1.54, 1.807) is 0 Å². The minimum Gasteiger partial charge on any atom is -0.309 e. The molecule has 0 aliphatic heterocycles. The summed E-state index contributed by atoms with van der Waals surface area (Å²) in [6.45, 7) is 0.